The number of hydrogen-bond acceptors (Lipinski definition) is 2. The summed E-state index contributed by atoms with van der Waals surface area (Å²) in [6.07, 6.45) is 0.978. The van der Waals surface area contributed by atoms with E-state index in [1.54, 1.807) is 11.3 Å². The summed E-state index contributed by atoms with van der Waals surface area (Å²) in [5.41, 5.74) is 2.35. The van der Waals surface area contributed by atoms with E-state index in [0.717, 1.165) is 21.5 Å². The predicted molar refractivity (Wildman–Crippen MR) is 83.7 cm³/mol. The highest BCUT2D eigenvalue weighted by Gasteiger charge is 2.12. The van der Waals surface area contributed by atoms with Crippen molar-refractivity contribution in [3.8, 4) is 0 Å². The van der Waals surface area contributed by atoms with Crippen molar-refractivity contribution in [1.82, 2.24) is 5.32 Å². The van der Waals surface area contributed by atoms with Gasteiger partial charge in [0.05, 0.1) is 0 Å². The molecule has 1 nitrogen and oxygen atoms in total. The Morgan fingerprint density at radius 2 is 2.17 bits per heavy atom. The first kappa shape index (κ1) is 14.1. The zero-order valence-electron chi connectivity index (χ0n) is 10.3. The summed E-state index contributed by atoms with van der Waals surface area (Å²) in [5.74, 6) is 0. The monoisotopic (exact) mass is 343 g/mol. The van der Waals surface area contributed by atoms with Crippen LogP contribution < -0.4 is 5.32 Å². The first-order valence-corrected chi connectivity index (χ1v) is 7.81. The van der Waals surface area contributed by atoms with Gasteiger partial charge < -0.3 is 5.32 Å². The van der Waals surface area contributed by atoms with Crippen molar-refractivity contribution in [3.63, 3.8) is 0 Å². The van der Waals surface area contributed by atoms with Crippen molar-refractivity contribution in [3.05, 3.63) is 55.1 Å². The molecular formula is C14H15BrClNS. The molecule has 1 heterocycles. The van der Waals surface area contributed by atoms with E-state index in [0.29, 0.717) is 6.04 Å². The van der Waals surface area contributed by atoms with Gasteiger partial charge in [-0.15, -0.1) is 11.3 Å². The third kappa shape index (κ3) is 3.35. The summed E-state index contributed by atoms with van der Waals surface area (Å²) in [5, 5.41) is 6.30. The fourth-order valence-corrected chi connectivity index (χ4v) is 3.56. The molecule has 0 spiro atoms. The molecule has 96 valence electrons. The molecule has 0 aliphatic heterocycles. The molecule has 0 aliphatic carbocycles. The van der Waals surface area contributed by atoms with Gasteiger partial charge in [-0.2, -0.15) is 0 Å². The van der Waals surface area contributed by atoms with E-state index in [1.165, 1.54) is 10.4 Å². The highest BCUT2D eigenvalue weighted by Crippen LogP contribution is 2.27. The second kappa shape index (κ2) is 6.20. The Bertz CT molecular complexity index is 538. The van der Waals surface area contributed by atoms with Gasteiger partial charge in [-0.25, -0.2) is 0 Å². The van der Waals surface area contributed by atoms with Crippen LogP contribution in [-0.4, -0.2) is 7.05 Å². The first-order chi connectivity index (χ1) is 8.60. The van der Waals surface area contributed by atoms with Crippen LogP contribution in [0.4, 0.5) is 0 Å². The van der Waals surface area contributed by atoms with Gasteiger partial charge in [-0.05, 0) is 53.2 Å². The molecule has 1 aromatic heterocycles. The molecule has 1 N–H and O–H groups in total. The lowest BCUT2D eigenvalue weighted by Gasteiger charge is -2.16. The Morgan fingerprint density at radius 3 is 2.72 bits per heavy atom. The van der Waals surface area contributed by atoms with Crippen molar-refractivity contribution >= 4 is 38.9 Å². The molecule has 2 rings (SSSR count). The molecule has 0 fully saturated rings. The zero-order chi connectivity index (χ0) is 13.1. The maximum atomic E-state index is 6.19. The molecule has 0 bridgehead atoms. The lowest BCUT2D eigenvalue weighted by molar-refractivity contribution is 0.596. The number of halogens is 2. The fraction of sp³-hybridized carbons (Fsp3) is 0.286. The number of likely N-dealkylation sites (N-methyl/N-ethyl adjacent to an activating group) is 1. The van der Waals surface area contributed by atoms with Crippen LogP contribution in [0, 0.1) is 6.92 Å². The minimum absolute atomic E-state index is 0.300. The number of hydrogen-bond donors (Lipinski definition) is 1. The molecule has 4 heteroatoms. The third-order valence-electron chi connectivity index (χ3n) is 2.97. The van der Waals surface area contributed by atoms with Gasteiger partial charge in [-0.3, -0.25) is 0 Å². The molecular weight excluding hydrogens is 330 g/mol. The minimum atomic E-state index is 0.300. The summed E-state index contributed by atoms with van der Waals surface area (Å²) in [6.45, 7) is 2.02. The van der Waals surface area contributed by atoms with Gasteiger partial charge in [0.15, 0.2) is 0 Å². The van der Waals surface area contributed by atoms with Crippen LogP contribution >= 0.6 is 38.9 Å². The normalized spacial score (nSPS) is 12.7. The van der Waals surface area contributed by atoms with E-state index in [-0.39, 0.29) is 0 Å². The standard InChI is InChI=1S/C14H15BrClNS/c1-9-3-4-10(5-13(9)16)14(17-2)7-12-6-11(15)8-18-12/h3-6,8,14,17H,7H2,1-2H3. The summed E-state index contributed by atoms with van der Waals surface area (Å²) < 4.78 is 1.15. The summed E-state index contributed by atoms with van der Waals surface area (Å²) in [7, 11) is 1.99. The fourth-order valence-electron chi connectivity index (χ4n) is 1.87. The summed E-state index contributed by atoms with van der Waals surface area (Å²) >= 11 is 11.5. The molecule has 1 aromatic carbocycles. The van der Waals surface area contributed by atoms with Crippen molar-refractivity contribution in [2.75, 3.05) is 7.05 Å². The van der Waals surface area contributed by atoms with Crippen LogP contribution in [0.15, 0.2) is 34.1 Å². The number of nitrogens with one attached hydrogen (secondary N) is 1. The van der Waals surface area contributed by atoms with E-state index in [9.17, 15) is 0 Å². The predicted octanol–water partition coefficient (Wildman–Crippen LogP) is 4.98. The molecule has 0 amide bonds. The maximum absolute atomic E-state index is 6.19. The van der Waals surface area contributed by atoms with Gasteiger partial charge in [-0.1, -0.05) is 23.7 Å². The van der Waals surface area contributed by atoms with Crippen molar-refractivity contribution in [2.45, 2.75) is 19.4 Å². The van der Waals surface area contributed by atoms with E-state index in [2.05, 4.69) is 50.9 Å². The summed E-state index contributed by atoms with van der Waals surface area (Å²) in [4.78, 5) is 1.36. The van der Waals surface area contributed by atoms with Crippen molar-refractivity contribution in [1.29, 1.82) is 0 Å². The molecule has 0 aliphatic rings. The number of benzene rings is 1. The summed E-state index contributed by atoms with van der Waals surface area (Å²) in [6, 6.07) is 8.75. The van der Waals surface area contributed by atoms with Crippen LogP contribution in [0.1, 0.15) is 22.0 Å². The largest absolute Gasteiger partial charge is 0.313 e. The van der Waals surface area contributed by atoms with Gasteiger partial charge in [0.2, 0.25) is 0 Å². The smallest absolute Gasteiger partial charge is 0.0438 e. The number of aryl methyl sites for hydroxylation is 1. The Hall–Kier alpha value is -0.350. The molecule has 2 aromatic rings. The van der Waals surface area contributed by atoms with Crippen molar-refractivity contribution in [2.24, 2.45) is 0 Å². The zero-order valence-corrected chi connectivity index (χ0v) is 13.5. The third-order valence-corrected chi connectivity index (χ3v) is 5.10. The van der Waals surface area contributed by atoms with Gasteiger partial charge >= 0.3 is 0 Å². The SMILES string of the molecule is CNC(Cc1cc(Br)cs1)c1ccc(C)c(Cl)c1. The molecule has 1 atom stereocenters. The average molecular weight is 345 g/mol. The molecule has 1 unspecified atom stereocenters. The molecule has 0 saturated carbocycles. The Kier molecular flexibility index (Phi) is 4.84. The minimum Gasteiger partial charge on any atom is -0.313 e. The van der Waals surface area contributed by atoms with Crippen molar-refractivity contribution < 1.29 is 0 Å². The molecule has 0 radical (unpaired) electrons. The number of rotatable bonds is 4. The topological polar surface area (TPSA) is 12.0 Å². The number of thiophene rings is 1. The van der Waals surface area contributed by atoms with Crippen LogP contribution in [0.3, 0.4) is 0 Å². The lowest BCUT2D eigenvalue weighted by atomic mass is 10.0. The van der Waals surface area contributed by atoms with E-state index < -0.39 is 0 Å². The average Bonchev–Trinajstić information content (AvgIpc) is 2.75. The van der Waals surface area contributed by atoms with Crippen LogP contribution in [0.25, 0.3) is 0 Å². The van der Waals surface area contributed by atoms with Gasteiger partial charge in [0.25, 0.3) is 0 Å². The lowest BCUT2D eigenvalue weighted by Crippen LogP contribution is -2.18. The second-order valence-corrected chi connectivity index (χ2v) is 6.60. The van der Waals surface area contributed by atoms with Crippen LogP contribution in [0.5, 0.6) is 0 Å². The van der Waals surface area contributed by atoms with Crippen LogP contribution in [-0.2, 0) is 6.42 Å². The maximum Gasteiger partial charge on any atom is 0.0438 e. The van der Waals surface area contributed by atoms with E-state index in [1.807, 2.05) is 14.0 Å². The van der Waals surface area contributed by atoms with Crippen LogP contribution in [0.2, 0.25) is 5.02 Å². The Balaban J connectivity index is 2.19. The molecule has 0 saturated heterocycles. The van der Waals surface area contributed by atoms with E-state index >= 15 is 0 Å². The Labute approximate surface area is 125 Å². The van der Waals surface area contributed by atoms with Gasteiger partial charge in [0, 0.05) is 32.2 Å². The first-order valence-electron chi connectivity index (χ1n) is 5.76. The highest BCUT2D eigenvalue weighted by molar-refractivity contribution is 9.10. The van der Waals surface area contributed by atoms with E-state index in [4.69, 9.17) is 11.6 Å². The molecule has 18 heavy (non-hydrogen) atoms. The Morgan fingerprint density at radius 1 is 1.39 bits per heavy atom. The highest BCUT2D eigenvalue weighted by atomic mass is 79.9. The van der Waals surface area contributed by atoms with Gasteiger partial charge in [0.1, 0.15) is 0 Å². The quantitative estimate of drug-likeness (QED) is 0.825. The second-order valence-electron chi connectivity index (χ2n) is 4.29.